The quantitative estimate of drug-likeness (QED) is 0.872. The summed E-state index contributed by atoms with van der Waals surface area (Å²) in [6.07, 6.45) is 3.98. The Labute approximate surface area is 112 Å². The van der Waals surface area contributed by atoms with Gasteiger partial charge in [-0.05, 0) is 25.7 Å². The minimum absolute atomic E-state index is 0.364. The Morgan fingerprint density at radius 2 is 2.32 bits per heavy atom. The van der Waals surface area contributed by atoms with Crippen molar-refractivity contribution in [3.63, 3.8) is 0 Å². The van der Waals surface area contributed by atoms with Gasteiger partial charge in [-0.2, -0.15) is 14.6 Å². The van der Waals surface area contributed by atoms with Crippen molar-refractivity contribution >= 4 is 11.6 Å². The van der Waals surface area contributed by atoms with E-state index in [9.17, 15) is 0 Å². The van der Waals surface area contributed by atoms with Crippen molar-refractivity contribution in [3.8, 4) is 0 Å². The van der Waals surface area contributed by atoms with E-state index in [1.807, 2.05) is 11.4 Å². The van der Waals surface area contributed by atoms with Crippen LogP contribution in [0.1, 0.15) is 25.5 Å². The Kier molecular flexibility index (Phi) is 3.10. The van der Waals surface area contributed by atoms with Gasteiger partial charge in [-0.15, -0.1) is 0 Å². The molecule has 6 nitrogen and oxygen atoms in total. The summed E-state index contributed by atoms with van der Waals surface area (Å²) in [7, 11) is 0. The molecule has 3 heterocycles. The molecule has 0 radical (unpaired) electrons. The van der Waals surface area contributed by atoms with Crippen LogP contribution in [0.5, 0.6) is 0 Å². The van der Waals surface area contributed by atoms with Crippen LogP contribution in [0.4, 0.5) is 5.82 Å². The lowest BCUT2D eigenvalue weighted by molar-refractivity contribution is 0.346. The molecule has 0 saturated carbocycles. The van der Waals surface area contributed by atoms with Gasteiger partial charge in [0.2, 0.25) is 0 Å². The highest BCUT2D eigenvalue weighted by molar-refractivity contribution is 5.48. The van der Waals surface area contributed by atoms with Crippen LogP contribution in [-0.2, 0) is 0 Å². The van der Waals surface area contributed by atoms with Gasteiger partial charge in [0.05, 0.1) is 0 Å². The highest BCUT2D eigenvalue weighted by Gasteiger charge is 2.29. The van der Waals surface area contributed by atoms with Gasteiger partial charge in [-0.3, -0.25) is 0 Å². The highest BCUT2D eigenvalue weighted by Crippen LogP contribution is 2.28. The fourth-order valence-corrected chi connectivity index (χ4v) is 3.01. The number of piperidine rings is 1. The summed E-state index contributed by atoms with van der Waals surface area (Å²) in [5.41, 5.74) is 6.94. The Bertz CT molecular complexity index is 578. The van der Waals surface area contributed by atoms with Crippen molar-refractivity contribution < 1.29 is 0 Å². The van der Waals surface area contributed by atoms with Gasteiger partial charge >= 0.3 is 0 Å². The molecule has 2 aromatic rings. The van der Waals surface area contributed by atoms with E-state index >= 15 is 0 Å². The molecule has 0 amide bonds. The minimum Gasteiger partial charge on any atom is -0.352 e. The summed E-state index contributed by atoms with van der Waals surface area (Å²) in [4.78, 5) is 10.9. The summed E-state index contributed by atoms with van der Waals surface area (Å²) < 4.78 is 1.81. The first-order valence-electron chi connectivity index (χ1n) is 6.85. The van der Waals surface area contributed by atoms with Crippen molar-refractivity contribution in [2.75, 3.05) is 18.0 Å². The van der Waals surface area contributed by atoms with Crippen molar-refractivity contribution in [2.24, 2.45) is 11.7 Å². The minimum atomic E-state index is 0.364. The first-order chi connectivity index (χ1) is 9.20. The molecule has 1 fully saturated rings. The number of hydrogen-bond donors (Lipinski definition) is 1. The summed E-state index contributed by atoms with van der Waals surface area (Å²) in [6, 6.07) is 2.44. The molecule has 2 aromatic heterocycles. The average molecular weight is 260 g/mol. The Hall–Kier alpha value is -1.69. The van der Waals surface area contributed by atoms with E-state index in [1.54, 1.807) is 6.33 Å². The molecule has 19 heavy (non-hydrogen) atoms. The smallest absolute Gasteiger partial charge is 0.254 e. The van der Waals surface area contributed by atoms with Crippen LogP contribution in [-0.4, -0.2) is 38.7 Å². The molecule has 3 rings (SSSR count). The third kappa shape index (κ3) is 2.06. The first-order valence-corrected chi connectivity index (χ1v) is 6.85. The lowest BCUT2D eigenvalue weighted by atomic mass is 9.91. The fraction of sp³-hybridized carbons (Fsp3) is 0.615. The second-order valence-corrected chi connectivity index (χ2v) is 5.34. The predicted octanol–water partition coefficient (Wildman–Crippen LogP) is 0.996. The summed E-state index contributed by atoms with van der Waals surface area (Å²) in [5.74, 6) is 2.32. The second-order valence-electron chi connectivity index (χ2n) is 5.34. The maximum atomic E-state index is 5.98. The summed E-state index contributed by atoms with van der Waals surface area (Å²) in [5, 5.41) is 4.29. The van der Waals surface area contributed by atoms with E-state index in [4.69, 9.17) is 5.73 Å². The molecule has 102 valence electrons. The highest BCUT2D eigenvalue weighted by atomic mass is 15.4. The van der Waals surface area contributed by atoms with Crippen LogP contribution >= 0.6 is 0 Å². The lowest BCUT2D eigenvalue weighted by Gasteiger charge is -2.40. The van der Waals surface area contributed by atoms with Crippen LogP contribution < -0.4 is 10.6 Å². The maximum absolute atomic E-state index is 5.98. The van der Waals surface area contributed by atoms with Gasteiger partial charge < -0.3 is 10.6 Å². The van der Waals surface area contributed by atoms with E-state index in [0.29, 0.717) is 24.3 Å². The molecule has 1 aliphatic rings. The average Bonchev–Trinajstić information content (AvgIpc) is 2.85. The molecule has 0 bridgehead atoms. The van der Waals surface area contributed by atoms with Gasteiger partial charge in [0.25, 0.3) is 5.78 Å². The number of aryl methyl sites for hydroxylation is 1. The zero-order chi connectivity index (χ0) is 13.4. The van der Waals surface area contributed by atoms with E-state index < -0.39 is 0 Å². The van der Waals surface area contributed by atoms with E-state index in [2.05, 4.69) is 33.0 Å². The molecule has 6 heteroatoms. The topological polar surface area (TPSA) is 72.3 Å². The van der Waals surface area contributed by atoms with Crippen LogP contribution in [0.2, 0.25) is 0 Å². The van der Waals surface area contributed by atoms with Gasteiger partial charge in [-0.1, -0.05) is 6.92 Å². The van der Waals surface area contributed by atoms with Crippen LogP contribution in [0, 0.1) is 12.8 Å². The van der Waals surface area contributed by atoms with E-state index in [0.717, 1.165) is 18.1 Å². The monoisotopic (exact) mass is 260 g/mol. The van der Waals surface area contributed by atoms with Crippen molar-refractivity contribution in [2.45, 2.75) is 32.7 Å². The standard InChI is InChI=1S/C13H20N6/c1-9-4-3-5-18(11(9)7-14)12-6-10(2)17-13-15-8-16-19(12)13/h6,8-9,11H,3-5,7,14H2,1-2H3. The molecule has 2 N–H and O–H groups in total. The molecule has 1 aliphatic heterocycles. The molecule has 0 aliphatic carbocycles. The maximum Gasteiger partial charge on any atom is 0.254 e. The second kappa shape index (κ2) is 4.77. The SMILES string of the molecule is Cc1cc(N2CCCC(C)C2CN)n2ncnc2n1. The Balaban J connectivity index is 2.09. The molecular weight excluding hydrogens is 240 g/mol. The van der Waals surface area contributed by atoms with Crippen LogP contribution in [0.25, 0.3) is 5.78 Å². The van der Waals surface area contributed by atoms with Crippen molar-refractivity contribution in [3.05, 3.63) is 18.1 Å². The molecular formula is C13H20N6. The predicted molar refractivity (Wildman–Crippen MR) is 74.1 cm³/mol. The fourth-order valence-electron chi connectivity index (χ4n) is 3.01. The Morgan fingerprint density at radius 3 is 3.11 bits per heavy atom. The molecule has 1 saturated heterocycles. The largest absolute Gasteiger partial charge is 0.352 e. The van der Waals surface area contributed by atoms with Crippen LogP contribution in [0.3, 0.4) is 0 Å². The lowest BCUT2D eigenvalue weighted by Crippen LogP contribution is -2.49. The van der Waals surface area contributed by atoms with Gasteiger partial charge in [0.15, 0.2) is 0 Å². The van der Waals surface area contributed by atoms with Crippen molar-refractivity contribution in [1.29, 1.82) is 0 Å². The van der Waals surface area contributed by atoms with Crippen LogP contribution in [0.15, 0.2) is 12.4 Å². The number of hydrogen-bond acceptors (Lipinski definition) is 5. The number of anilines is 1. The zero-order valence-corrected chi connectivity index (χ0v) is 11.5. The number of fused-ring (bicyclic) bond motifs is 1. The summed E-state index contributed by atoms with van der Waals surface area (Å²) >= 11 is 0. The molecule has 2 unspecified atom stereocenters. The summed E-state index contributed by atoms with van der Waals surface area (Å²) in [6.45, 7) is 5.95. The first kappa shape index (κ1) is 12.3. The number of nitrogens with zero attached hydrogens (tertiary/aromatic N) is 5. The number of nitrogens with two attached hydrogens (primary N) is 1. The van der Waals surface area contributed by atoms with Crippen molar-refractivity contribution in [1.82, 2.24) is 19.6 Å². The molecule has 0 spiro atoms. The molecule has 0 aromatic carbocycles. The zero-order valence-electron chi connectivity index (χ0n) is 11.5. The third-order valence-corrected chi connectivity index (χ3v) is 4.01. The number of aromatic nitrogens is 4. The van der Waals surface area contributed by atoms with Gasteiger partial charge in [-0.25, -0.2) is 4.98 Å². The van der Waals surface area contributed by atoms with Gasteiger partial charge in [0, 0.05) is 30.9 Å². The molecule has 2 atom stereocenters. The van der Waals surface area contributed by atoms with E-state index in [1.165, 1.54) is 12.8 Å². The Morgan fingerprint density at radius 1 is 1.47 bits per heavy atom. The normalized spacial score (nSPS) is 24.1. The third-order valence-electron chi connectivity index (χ3n) is 4.01. The number of rotatable bonds is 2. The van der Waals surface area contributed by atoms with Gasteiger partial charge in [0.1, 0.15) is 12.1 Å². The van der Waals surface area contributed by atoms with E-state index in [-0.39, 0.29) is 0 Å².